The van der Waals surface area contributed by atoms with E-state index in [-0.39, 0.29) is 0 Å². The third-order valence-corrected chi connectivity index (χ3v) is 5.39. The van der Waals surface area contributed by atoms with E-state index in [0.717, 1.165) is 73.2 Å². The molecule has 6 nitrogen and oxygen atoms in total. The maximum atomic E-state index is 4.73. The van der Waals surface area contributed by atoms with Gasteiger partial charge in [0.25, 0.3) is 0 Å². The summed E-state index contributed by atoms with van der Waals surface area (Å²) in [7, 11) is 2.17. The first kappa shape index (κ1) is 18.6. The molecule has 4 rings (SSSR count). The summed E-state index contributed by atoms with van der Waals surface area (Å²) >= 11 is 0. The minimum atomic E-state index is 0.746. The average Bonchev–Trinajstić information content (AvgIpc) is 2.72. The summed E-state index contributed by atoms with van der Waals surface area (Å²) in [4.78, 5) is 21.1. The van der Waals surface area contributed by atoms with E-state index in [1.54, 1.807) is 0 Å². The van der Waals surface area contributed by atoms with Crippen LogP contribution in [0.2, 0.25) is 0 Å². The fourth-order valence-corrected chi connectivity index (χ4v) is 3.80. The van der Waals surface area contributed by atoms with Crippen molar-refractivity contribution in [2.45, 2.75) is 20.4 Å². The summed E-state index contributed by atoms with van der Waals surface area (Å²) in [6.45, 7) is 9.96. The Morgan fingerprint density at radius 2 is 1.82 bits per heavy atom. The Morgan fingerprint density at radius 1 is 1.04 bits per heavy atom. The van der Waals surface area contributed by atoms with Crippen LogP contribution in [0.1, 0.15) is 18.4 Å². The fourth-order valence-electron chi connectivity index (χ4n) is 3.80. The van der Waals surface area contributed by atoms with Gasteiger partial charge in [0, 0.05) is 50.4 Å². The first-order valence-electron chi connectivity index (χ1n) is 10.0. The highest BCUT2D eigenvalue weighted by Crippen LogP contribution is 2.26. The first-order chi connectivity index (χ1) is 13.6. The molecule has 3 heterocycles. The lowest BCUT2D eigenvalue weighted by molar-refractivity contribution is 0.312. The van der Waals surface area contributed by atoms with Gasteiger partial charge in [-0.15, -0.1) is 0 Å². The highest BCUT2D eigenvalue weighted by atomic mass is 15.3. The van der Waals surface area contributed by atoms with Crippen molar-refractivity contribution in [3.8, 4) is 0 Å². The Balaban J connectivity index is 1.62. The molecule has 2 aromatic heterocycles. The molecule has 1 aliphatic heterocycles. The Kier molecular flexibility index (Phi) is 5.39. The van der Waals surface area contributed by atoms with Crippen LogP contribution in [0.3, 0.4) is 0 Å². The molecule has 0 radical (unpaired) electrons. The van der Waals surface area contributed by atoms with E-state index in [4.69, 9.17) is 9.97 Å². The van der Waals surface area contributed by atoms with E-state index in [9.17, 15) is 0 Å². The Bertz CT molecular complexity index is 943. The first-order valence-corrected chi connectivity index (χ1v) is 10.0. The van der Waals surface area contributed by atoms with Crippen LogP contribution < -0.4 is 9.80 Å². The van der Waals surface area contributed by atoms with Gasteiger partial charge in [0.2, 0.25) is 0 Å². The van der Waals surface area contributed by atoms with Crippen molar-refractivity contribution in [1.29, 1.82) is 0 Å². The maximum absolute atomic E-state index is 4.73. The van der Waals surface area contributed by atoms with Crippen molar-refractivity contribution in [2.75, 3.05) is 49.6 Å². The second kappa shape index (κ2) is 8.10. The molecular weight excluding hydrogens is 348 g/mol. The number of hydrogen-bond acceptors (Lipinski definition) is 6. The van der Waals surface area contributed by atoms with Crippen LogP contribution in [0, 0.1) is 6.92 Å². The SMILES string of the molecule is CCN(Cc1cc(N2CCN(C)CC2)nc(C)n1)c1cccc2cccnc12. The predicted molar refractivity (Wildman–Crippen MR) is 115 cm³/mol. The highest BCUT2D eigenvalue weighted by molar-refractivity contribution is 5.90. The van der Waals surface area contributed by atoms with Gasteiger partial charge in [-0.05, 0) is 33.0 Å². The molecule has 1 saturated heterocycles. The van der Waals surface area contributed by atoms with Gasteiger partial charge >= 0.3 is 0 Å². The molecule has 146 valence electrons. The topological polar surface area (TPSA) is 48.4 Å². The zero-order chi connectivity index (χ0) is 19.5. The lowest BCUT2D eigenvalue weighted by Gasteiger charge is -2.33. The van der Waals surface area contributed by atoms with Gasteiger partial charge in [0.1, 0.15) is 11.6 Å². The van der Waals surface area contributed by atoms with Gasteiger partial charge in [-0.2, -0.15) is 0 Å². The number of piperazine rings is 1. The molecule has 0 atom stereocenters. The number of likely N-dealkylation sites (N-methyl/N-ethyl adjacent to an activating group) is 1. The van der Waals surface area contributed by atoms with Crippen molar-refractivity contribution < 1.29 is 0 Å². The number of pyridine rings is 1. The molecule has 6 heteroatoms. The second-order valence-corrected chi connectivity index (χ2v) is 7.42. The van der Waals surface area contributed by atoms with E-state index in [1.165, 1.54) is 0 Å². The molecule has 0 saturated carbocycles. The summed E-state index contributed by atoms with van der Waals surface area (Å²) in [5, 5.41) is 1.16. The zero-order valence-corrected chi connectivity index (χ0v) is 17.0. The van der Waals surface area contributed by atoms with Gasteiger partial charge in [-0.25, -0.2) is 9.97 Å². The molecule has 0 unspecified atom stereocenters. The van der Waals surface area contributed by atoms with Crippen molar-refractivity contribution in [1.82, 2.24) is 19.9 Å². The molecule has 0 spiro atoms. The molecule has 28 heavy (non-hydrogen) atoms. The second-order valence-electron chi connectivity index (χ2n) is 7.42. The molecule has 1 aliphatic rings. The molecule has 0 N–H and O–H groups in total. The van der Waals surface area contributed by atoms with Crippen LogP contribution in [0.15, 0.2) is 42.6 Å². The van der Waals surface area contributed by atoms with Crippen LogP contribution in [0.5, 0.6) is 0 Å². The van der Waals surface area contributed by atoms with Gasteiger partial charge in [0.05, 0.1) is 23.4 Å². The van der Waals surface area contributed by atoms with E-state index in [0.29, 0.717) is 0 Å². The molecule has 0 amide bonds. The number of rotatable bonds is 5. The zero-order valence-electron chi connectivity index (χ0n) is 17.0. The van der Waals surface area contributed by atoms with Gasteiger partial charge in [-0.3, -0.25) is 4.98 Å². The van der Waals surface area contributed by atoms with Crippen molar-refractivity contribution in [3.05, 3.63) is 54.1 Å². The molecule has 0 bridgehead atoms. The van der Waals surface area contributed by atoms with Gasteiger partial charge in [0.15, 0.2) is 0 Å². The smallest absolute Gasteiger partial charge is 0.132 e. The Hall–Kier alpha value is -2.73. The van der Waals surface area contributed by atoms with E-state index < -0.39 is 0 Å². The van der Waals surface area contributed by atoms with Crippen LogP contribution in [0.25, 0.3) is 10.9 Å². The number of para-hydroxylation sites is 1. The van der Waals surface area contributed by atoms with Crippen molar-refractivity contribution >= 4 is 22.4 Å². The normalized spacial score (nSPS) is 15.2. The monoisotopic (exact) mass is 376 g/mol. The minimum Gasteiger partial charge on any atom is -0.364 e. The Morgan fingerprint density at radius 3 is 2.61 bits per heavy atom. The Labute approximate surface area is 166 Å². The number of nitrogens with zero attached hydrogens (tertiary/aromatic N) is 6. The quantitative estimate of drug-likeness (QED) is 0.682. The lowest BCUT2D eigenvalue weighted by Crippen LogP contribution is -2.45. The third-order valence-electron chi connectivity index (χ3n) is 5.39. The average molecular weight is 377 g/mol. The van der Waals surface area contributed by atoms with Crippen LogP contribution >= 0.6 is 0 Å². The van der Waals surface area contributed by atoms with Gasteiger partial charge in [-0.1, -0.05) is 18.2 Å². The maximum Gasteiger partial charge on any atom is 0.132 e. The molecule has 1 fully saturated rings. The van der Waals surface area contributed by atoms with E-state index >= 15 is 0 Å². The van der Waals surface area contributed by atoms with E-state index in [2.05, 4.69) is 64.0 Å². The molecular formula is C22H28N6. The van der Waals surface area contributed by atoms with Crippen molar-refractivity contribution in [3.63, 3.8) is 0 Å². The number of aromatic nitrogens is 3. The number of fused-ring (bicyclic) bond motifs is 1. The standard InChI is InChI=1S/C22H28N6/c1-4-27(20-9-5-7-18-8-6-10-23-22(18)20)16-19-15-21(25-17(2)24-19)28-13-11-26(3)12-14-28/h5-10,15H,4,11-14,16H2,1-3H3. The lowest BCUT2D eigenvalue weighted by atomic mass is 10.1. The minimum absolute atomic E-state index is 0.746. The van der Waals surface area contributed by atoms with Crippen LogP contribution in [-0.4, -0.2) is 59.6 Å². The van der Waals surface area contributed by atoms with Gasteiger partial charge < -0.3 is 14.7 Å². The number of aryl methyl sites for hydroxylation is 1. The molecule has 1 aromatic carbocycles. The fraction of sp³-hybridized carbons (Fsp3) is 0.409. The predicted octanol–water partition coefficient (Wildman–Crippen LogP) is 3.11. The number of hydrogen-bond donors (Lipinski definition) is 0. The molecule has 0 aliphatic carbocycles. The third kappa shape index (κ3) is 3.92. The number of anilines is 2. The number of benzene rings is 1. The highest BCUT2D eigenvalue weighted by Gasteiger charge is 2.18. The van der Waals surface area contributed by atoms with Crippen molar-refractivity contribution in [2.24, 2.45) is 0 Å². The summed E-state index contributed by atoms with van der Waals surface area (Å²) in [6.07, 6.45) is 1.86. The van der Waals surface area contributed by atoms with E-state index in [1.807, 2.05) is 19.2 Å². The molecule has 3 aromatic rings. The summed E-state index contributed by atoms with van der Waals surface area (Å²) in [6, 6.07) is 12.6. The summed E-state index contributed by atoms with van der Waals surface area (Å²) in [5.74, 6) is 1.88. The van der Waals surface area contributed by atoms with Crippen LogP contribution in [0.4, 0.5) is 11.5 Å². The summed E-state index contributed by atoms with van der Waals surface area (Å²) in [5.41, 5.74) is 3.24. The van der Waals surface area contributed by atoms with Crippen LogP contribution in [-0.2, 0) is 6.54 Å². The largest absolute Gasteiger partial charge is 0.364 e. The summed E-state index contributed by atoms with van der Waals surface area (Å²) < 4.78 is 0.